The summed E-state index contributed by atoms with van der Waals surface area (Å²) in [4.78, 5) is 108. The summed E-state index contributed by atoms with van der Waals surface area (Å²) in [5.74, 6) is -3.27. The number of methoxy groups -OCH3 is 2. The Morgan fingerprint density at radius 1 is 0.817 bits per heavy atom. The van der Waals surface area contributed by atoms with Crippen LogP contribution in [0.3, 0.4) is 0 Å². The van der Waals surface area contributed by atoms with E-state index in [1.165, 1.54) is 22.1 Å². The fourth-order valence-electron chi connectivity index (χ4n) is 11.5. The largest absolute Gasteiger partial charge is 0.379 e. The minimum absolute atomic E-state index is 0.0117. The first-order chi connectivity index (χ1) is 33.8. The Morgan fingerprint density at radius 2 is 1.46 bits per heavy atom. The van der Waals surface area contributed by atoms with Gasteiger partial charge >= 0.3 is 0 Å². The summed E-state index contributed by atoms with van der Waals surface area (Å²) in [6, 6.07) is 7.66. The van der Waals surface area contributed by atoms with Crippen molar-refractivity contribution in [3.05, 3.63) is 48.0 Å². The van der Waals surface area contributed by atoms with Crippen molar-refractivity contribution in [1.82, 2.24) is 35.3 Å². The quantitative estimate of drug-likeness (QED) is 0.0881. The highest BCUT2D eigenvalue weighted by Crippen LogP contribution is 2.53. The number of hydrogen-bond acceptors (Lipinski definition) is 12. The number of rotatable bonds is 27. The summed E-state index contributed by atoms with van der Waals surface area (Å²) < 4.78 is 12.3. The Bertz CT molecular complexity index is 1990. The molecule has 0 aromatic heterocycles. The molecule has 4 aliphatic rings. The molecule has 17 heteroatoms. The van der Waals surface area contributed by atoms with Gasteiger partial charge in [-0.3, -0.25) is 58.4 Å². The summed E-state index contributed by atoms with van der Waals surface area (Å²) in [6.07, 6.45) is 8.76. The van der Waals surface area contributed by atoms with Crippen molar-refractivity contribution >= 4 is 41.4 Å². The SMILES string of the molecule is CC[C@H](C)[C@@H]([C@@H](CC(=O)N1CCCC1[C@H](OC)[C@@H](C)C(=O)N[C@@]1(C(=O)N2CCCCO2)C[C@@H]1c1ccccc1)OC)N(C)[C@H](C(=O)NC(=O)[C@H](C(C)C)N(C)CCCCCCN1C(=O)C=CC1=O)C(C)C. The molecule has 1 saturated carbocycles. The molecule has 5 rings (SSSR count). The molecule has 71 heavy (non-hydrogen) atoms. The van der Waals surface area contributed by atoms with Gasteiger partial charge in [-0.05, 0) is 88.9 Å². The van der Waals surface area contributed by atoms with E-state index in [1.807, 2.05) is 86.8 Å². The molecule has 396 valence electrons. The molecule has 0 radical (unpaired) electrons. The van der Waals surface area contributed by atoms with Crippen LogP contribution in [0.25, 0.3) is 0 Å². The minimum atomic E-state index is -1.15. The summed E-state index contributed by atoms with van der Waals surface area (Å²) in [5, 5.41) is 7.36. The molecule has 1 aromatic carbocycles. The van der Waals surface area contributed by atoms with E-state index in [2.05, 4.69) is 24.5 Å². The van der Waals surface area contributed by atoms with Crippen LogP contribution in [0.1, 0.15) is 131 Å². The lowest BCUT2D eigenvalue weighted by molar-refractivity contribution is -0.200. The van der Waals surface area contributed by atoms with Gasteiger partial charge in [0.25, 0.3) is 17.7 Å². The molecule has 1 unspecified atom stereocenters. The number of hydrogen-bond donors (Lipinski definition) is 2. The van der Waals surface area contributed by atoms with Gasteiger partial charge in [0.2, 0.25) is 23.6 Å². The molecule has 0 spiro atoms. The van der Waals surface area contributed by atoms with Crippen LogP contribution in [0, 0.1) is 23.7 Å². The van der Waals surface area contributed by atoms with Gasteiger partial charge in [0.1, 0.15) is 5.54 Å². The average molecular weight is 992 g/mol. The number of nitrogens with one attached hydrogen (secondary N) is 2. The van der Waals surface area contributed by atoms with Gasteiger partial charge < -0.3 is 19.7 Å². The van der Waals surface area contributed by atoms with Crippen LogP contribution in [0.15, 0.2) is 42.5 Å². The average Bonchev–Trinajstić information content (AvgIpc) is 3.69. The number of carbonyl (C=O) groups excluding carboxylic acids is 7. The van der Waals surface area contributed by atoms with Gasteiger partial charge in [-0.15, -0.1) is 0 Å². The number of benzene rings is 1. The third kappa shape index (κ3) is 13.9. The normalized spacial score (nSPS) is 23.3. The number of nitrogens with zero attached hydrogens (tertiary/aromatic N) is 5. The Labute approximate surface area is 423 Å². The van der Waals surface area contributed by atoms with Gasteiger partial charge in [-0.25, -0.2) is 5.06 Å². The maximum atomic E-state index is 14.6. The van der Waals surface area contributed by atoms with Gasteiger partial charge in [0, 0.05) is 58.0 Å². The van der Waals surface area contributed by atoms with Crippen molar-refractivity contribution in [2.75, 3.05) is 61.1 Å². The Hall–Kier alpha value is -4.55. The summed E-state index contributed by atoms with van der Waals surface area (Å²) in [6.45, 7) is 16.2. The molecule has 10 atom stereocenters. The molecule has 3 heterocycles. The topological polar surface area (TPSA) is 187 Å². The second-order valence-electron chi connectivity index (χ2n) is 21.2. The second kappa shape index (κ2) is 26.4. The predicted molar refractivity (Wildman–Crippen MR) is 270 cm³/mol. The number of imide groups is 2. The third-order valence-electron chi connectivity index (χ3n) is 15.6. The van der Waals surface area contributed by atoms with E-state index in [1.54, 1.807) is 21.1 Å². The summed E-state index contributed by atoms with van der Waals surface area (Å²) >= 11 is 0. The molecule has 2 saturated heterocycles. The first-order valence-electron chi connectivity index (χ1n) is 26.3. The summed E-state index contributed by atoms with van der Waals surface area (Å²) in [7, 11) is 6.91. The van der Waals surface area contributed by atoms with Crippen LogP contribution in [0.5, 0.6) is 0 Å². The van der Waals surface area contributed by atoms with Crippen LogP contribution in [0.4, 0.5) is 0 Å². The van der Waals surface area contributed by atoms with Crippen LogP contribution < -0.4 is 10.6 Å². The zero-order valence-electron chi connectivity index (χ0n) is 44.5. The molecular formula is C54H85N7O10. The van der Waals surface area contributed by atoms with Crippen LogP contribution in [0.2, 0.25) is 0 Å². The fourth-order valence-corrected chi connectivity index (χ4v) is 11.5. The van der Waals surface area contributed by atoms with Crippen molar-refractivity contribution in [1.29, 1.82) is 0 Å². The number of amides is 7. The molecule has 2 N–H and O–H groups in total. The van der Waals surface area contributed by atoms with Crippen molar-refractivity contribution in [3.63, 3.8) is 0 Å². The van der Waals surface area contributed by atoms with Crippen molar-refractivity contribution in [3.8, 4) is 0 Å². The Morgan fingerprint density at radius 3 is 2.06 bits per heavy atom. The molecule has 1 aromatic rings. The number of hydroxylamine groups is 2. The van der Waals surface area contributed by atoms with Crippen LogP contribution >= 0.6 is 0 Å². The van der Waals surface area contributed by atoms with Gasteiger partial charge in [0.15, 0.2) is 0 Å². The van der Waals surface area contributed by atoms with Gasteiger partial charge in [-0.1, -0.05) is 98.1 Å². The number of carbonyl (C=O) groups is 7. The van der Waals surface area contributed by atoms with E-state index in [-0.39, 0.29) is 71.6 Å². The van der Waals surface area contributed by atoms with Crippen LogP contribution in [-0.4, -0.2) is 169 Å². The zero-order chi connectivity index (χ0) is 52.2. The van der Waals surface area contributed by atoms with E-state index in [4.69, 9.17) is 14.3 Å². The van der Waals surface area contributed by atoms with E-state index in [0.717, 1.165) is 50.5 Å². The second-order valence-corrected chi connectivity index (χ2v) is 21.2. The lowest BCUT2D eigenvalue weighted by Gasteiger charge is -2.43. The van der Waals surface area contributed by atoms with E-state index in [0.29, 0.717) is 52.0 Å². The highest BCUT2D eigenvalue weighted by atomic mass is 16.7. The number of unbranched alkanes of at least 4 members (excludes halogenated alkanes) is 3. The molecule has 3 aliphatic heterocycles. The van der Waals surface area contributed by atoms with Crippen molar-refractivity contribution in [2.24, 2.45) is 23.7 Å². The monoisotopic (exact) mass is 992 g/mol. The zero-order valence-corrected chi connectivity index (χ0v) is 44.5. The number of likely N-dealkylation sites (tertiary alicyclic amines) is 1. The third-order valence-corrected chi connectivity index (χ3v) is 15.6. The first kappa shape index (κ1) is 57.4. The highest BCUT2D eigenvalue weighted by Gasteiger charge is 2.64. The molecular weight excluding hydrogens is 907 g/mol. The predicted octanol–water partition coefficient (Wildman–Crippen LogP) is 5.09. The number of ether oxygens (including phenoxy) is 2. The van der Waals surface area contributed by atoms with Crippen molar-refractivity contribution in [2.45, 2.75) is 167 Å². The fraction of sp³-hybridized carbons (Fsp3) is 0.722. The standard InChI is InChI=1S/C54H85N7O10/c1-12-37(6)48(58(9)47(36(4)5)52(67)55-51(66)46(35(2)3)57(8)28-18-13-14-19-29-60-43(62)26-27-44(60)63)42(69-10)33-45(64)59-30-22-25-41(59)49(70-11)38(7)50(65)56-54(53(68)61-31-20-21-32-71-61)34-40(54)39-23-16-15-17-24-39/h15-17,23-24,26-27,35-38,40-42,46-49H,12-14,18-22,25,28-34H2,1-11H3,(H,56,65)(H,55,66,67)/t37-,38+,40+,41?,42+,46-,47-,48-,49+,54-/m0/s1. The maximum absolute atomic E-state index is 14.6. The van der Waals surface area contributed by atoms with Gasteiger partial charge in [-0.2, -0.15) is 0 Å². The Kier molecular flexibility index (Phi) is 21.3. The lowest BCUT2D eigenvalue weighted by atomic mass is 9.87. The van der Waals surface area contributed by atoms with E-state index >= 15 is 0 Å². The smallest absolute Gasteiger partial charge is 0.272 e. The molecule has 1 aliphatic carbocycles. The molecule has 17 nitrogen and oxygen atoms in total. The van der Waals surface area contributed by atoms with E-state index < -0.39 is 47.7 Å². The lowest BCUT2D eigenvalue weighted by Crippen LogP contribution is -2.60. The molecule has 0 bridgehead atoms. The number of likely N-dealkylation sites (N-methyl/N-ethyl adjacent to an activating group) is 2. The van der Waals surface area contributed by atoms with Gasteiger partial charge in [0.05, 0.1) is 49.3 Å². The summed E-state index contributed by atoms with van der Waals surface area (Å²) in [5.41, 5.74) is -0.181. The highest BCUT2D eigenvalue weighted by molar-refractivity contribution is 6.12. The molecule has 3 fully saturated rings. The minimum Gasteiger partial charge on any atom is -0.379 e. The van der Waals surface area contributed by atoms with E-state index in [9.17, 15) is 33.6 Å². The van der Waals surface area contributed by atoms with Crippen LogP contribution in [-0.2, 0) is 47.9 Å². The maximum Gasteiger partial charge on any atom is 0.272 e. The first-order valence-corrected chi connectivity index (χ1v) is 26.3. The molecule has 7 amide bonds. The Balaban J connectivity index is 1.23. The van der Waals surface area contributed by atoms with Crippen molar-refractivity contribution < 1.29 is 47.9 Å².